The van der Waals surface area contributed by atoms with E-state index in [0.717, 1.165) is 40.5 Å². The van der Waals surface area contributed by atoms with E-state index in [2.05, 4.69) is 6.07 Å². The summed E-state index contributed by atoms with van der Waals surface area (Å²) in [6, 6.07) is 10.8. The number of thioether (sulfide) groups is 1. The molecule has 1 aliphatic heterocycles. The summed E-state index contributed by atoms with van der Waals surface area (Å²) in [5.41, 5.74) is 0.327. The second kappa shape index (κ2) is 12.0. The first-order chi connectivity index (χ1) is 15.7. The highest BCUT2D eigenvalue weighted by Gasteiger charge is 2.30. The fraction of sp³-hybridized carbons (Fsp3) is 0.500. The summed E-state index contributed by atoms with van der Waals surface area (Å²) in [6.45, 7) is 5.14. The van der Waals surface area contributed by atoms with E-state index in [1.54, 1.807) is 18.9 Å². The van der Waals surface area contributed by atoms with Crippen LogP contribution in [0.5, 0.6) is 11.5 Å². The molecule has 0 N–H and O–H groups in total. The zero-order chi connectivity index (χ0) is 23.8. The predicted octanol–water partition coefficient (Wildman–Crippen LogP) is 5.94. The number of alkyl halides is 3. The first-order valence-corrected chi connectivity index (χ1v) is 11.7. The molecule has 1 aliphatic rings. The highest BCUT2D eigenvalue weighted by Crippen LogP contribution is 2.31. The topological polar surface area (TPSA) is 46.2 Å². The van der Waals surface area contributed by atoms with Gasteiger partial charge in [-0.2, -0.15) is 13.2 Å². The van der Waals surface area contributed by atoms with Gasteiger partial charge in [-0.1, -0.05) is 0 Å². The van der Waals surface area contributed by atoms with E-state index >= 15 is 0 Å². The smallest absolute Gasteiger partial charge is 0.416 e. The third-order valence-electron chi connectivity index (χ3n) is 5.09. The number of rotatable bonds is 12. The first kappa shape index (κ1) is 25.7. The molecule has 0 saturated carbocycles. The average molecular weight is 487 g/mol. The van der Waals surface area contributed by atoms with Crippen molar-refractivity contribution in [2.45, 2.75) is 43.9 Å². The molecule has 2 aromatic carbocycles. The molecule has 0 bridgehead atoms. The lowest BCUT2D eigenvalue weighted by Gasteiger charge is -2.33. The van der Waals surface area contributed by atoms with Crippen LogP contribution in [0.2, 0.25) is 0 Å². The second-order valence-electron chi connectivity index (χ2n) is 7.80. The fourth-order valence-corrected chi connectivity index (χ4v) is 4.33. The molecule has 5 nitrogen and oxygen atoms in total. The summed E-state index contributed by atoms with van der Waals surface area (Å²) in [5, 5.41) is 0. The van der Waals surface area contributed by atoms with Gasteiger partial charge in [0.25, 0.3) is 0 Å². The molecule has 0 spiro atoms. The summed E-state index contributed by atoms with van der Waals surface area (Å²) in [7, 11) is 1.64. The van der Waals surface area contributed by atoms with Gasteiger partial charge in [0.05, 0.1) is 12.2 Å². The van der Waals surface area contributed by atoms with Gasteiger partial charge in [0.2, 0.25) is 0 Å². The molecule has 1 unspecified atom stereocenters. The van der Waals surface area contributed by atoms with Crippen LogP contribution in [0.25, 0.3) is 0 Å². The van der Waals surface area contributed by atoms with Crippen LogP contribution in [0.15, 0.2) is 47.4 Å². The van der Waals surface area contributed by atoms with Crippen molar-refractivity contribution in [1.82, 2.24) is 0 Å². The van der Waals surface area contributed by atoms with Gasteiger partial charge in [-0.05, 0) is 68.3 Å². The molecule has 0 aromatic heterocycles. The Morgan fingerprint density at radius 2 is 1.79 bits per heavy atom. The van der Waals surface area contributed by atoms with Crippen LogP contribution in [-0.2, 0) is 20.4 Å². The Balaban J connectivity index is 1.49. The van der Waals surface area contributed by atoms with Gasteiger partial charge in [-0.25, -0.2) is 0 Å². The van der Waals surface area contributed by atoms with Crippen LogP contribution in [0.4, 0.5) is 13.2 Å². The Morgan fingerprint density at radius 3 is 2.39 bits per heavy atom. The molecule has 1 atom stereocenters. The van der Waals surface area contributed by atoms with Gasteiger partial charge in [0.15, 0.2) is 12.6 Å². The van der Waals surface area contributed by atoms with Crippen LogP contribution in [-0.4, -0.2) is 45.3 Å². The Morgan fingerprint density at radius 1 is 1.06 bits per heavy atom. The fourth-order valence-electron chi connectivity index (χ4n) is 3.22. The Bertz CT molecular complexity index is 869. The van der Waals surface area contributed by atoms with Crippen molar-refractivity contribution in [2.75, 3.05) is 32.7 Å². The second-order valence-corrected chi connectivity index (χ2v) is 8.89. The largest absolute Gasteiger partial charge is 0.493 e. The summed E-state index contributed by atoms with van der Waals surface area (Å²) in [6.07, 6.45) is -4.07. The first-order valence-electron chi connectivity index (χ1n) is 10.7. The van der Waals surface area contributed by atoms with E-state index in [4.69, 9.17) is 23.7 Å². The molecule has 0 radical (unpaired) electrons. The molecule has 0 amide bonds. The lowest BCUT2D eigenvalue weighted by Crippen LogP contribution is -2.42. The van der Waals surface area contributed by atoms with E-state index in [1.807, 2.05) is 26.0 Å². The number of methoxy groups -OCH3 is 1. The van der Waals surface area contributed by atoms with E-state index in [-0.39, 0.29) is 18.5 Å². The van der Waals surface area contributed by atoms with Crippen molar-refractivity contribution in [2.24, 2.45) is 5.92 Å². The molecular formula is C24H29F3O5S. The molecule has 1 heterocycles. The lowest BCUT2D eigenvalue weighted by atomic mass is 10.1. The van der Waals surface area contributed by atoms with Gasteiger partial charge in [0.1, 0.15) is 18.1 Å². The van der Waals surface area contributed by atoms with Crippen molar-refractivity contribution in [3.8, 4) is 11.5 Å². The minimum atomic E-state index is -4.35. The molecule has 1 fully saturated rings. The van der Waals surface area contributed by atoms with E-state index in [1.165, 1.54) is 12.1 Å². The monoisotopic (exact) mass is 486 g/mol. The number of halogens is 3. The number of ether oxygens (including phenoxy) is 5. The Hall–Kier alpha value is -1.94. The van der Waals surface area contributed by atoms with Gasteiger partial charge < -0.3 is 23.7 Å². The van der Waals surface area contributed by atoms with Gasteiger partial charge in [-0.3, -0.25) is 0 Å². The van der Waals surface area contributed by atoms with Crippen molar-refractivity contribution in [1.29, 1.82) is 0 Å². The van der Waals surface area contributed by atoms with Crippen LogP contribution >= 0.6 is 11.8 Å². The quantitative estimate of drug-likeness (QED) is 0.346. The molecular weight excluding hydrogens is 457 g/mol. The molecule has 9 heteroatoms. The maximum Gasteiger partial charge on any atom is 0.416 e. The molecule has 1 saturated heterocycles. The standard InChI is InChI=1S/C24H29F3O5S/c1-16-12-21(8-9-22(16)30-14-23-31-17(2)32-23)33-15-18(10-11-28-3)13-29-20-6-4-19(5-7-20)24(25,26)27/h4-9,12,17-18,23H,10-11,13-15H2,1-3H3. The number of hydrogen-bond donors (Lipinski definition) is 0. The van der Waals surface area contributed by atoms with Crippen molar-refractivity contribution < 1.29 is 36.9 Å². The zero-order valence-corrected chi connectivity index (χ0v) is 19.7. The van der Waals surface area contributed by atoms with E-state index in [9.17, 15) is 13.2 Å². The van der Waals surface area contributed by atoms with Crippen LogP contribution in [0.3, 0.4) is 0 Å². The van der Waals surface area contributed by atoms with Crippen LogP contribution in [0.1, 0.15) is 24.5 Å². The molecule has 3 rings (SSSR count). The Kier molecular flexibility index (Phi) is 9.31. The SMILES string of the molecule is COCCC(COc1ccc(C(F)(F)F)cc1)CSc1ccc(OCC2OC(C)O2)c(C)c1. The minimum absolute atomic E-state index is 0.170. The van der Waals surface area contributed by atoms with Crippen molar-refractivity contribution >= 4 is 11.8 Å². The van der Waals surface area contributed by atoms with Gasteiger partial charge >= 0.3 is 6.18 Å². The number of benzene rings is 2. The summed E-state index contributed by atoms with van der Waals surface area (Å²) < 4.78 is 65.7. The van der Waals surface area contributed by atoms with Crippen molar-refractivity contribution in [3.05, 3.63) is 53.6 Å². The third-order valence-corrected chi connectivity index (χ3v) is 6.32. The van der Waals surface area contributed by atoms with Gasteiger partial charge in [0, 0.05) is 30.3 Å². The molecule has 182 valence electrons. The van der Waals surface area contributed by atoms with Crippen LogP contribution < -0.4 is 9.47 Å². The average Bonchev–Trinajstić information content (AvgIpc) is 2.76. The third kappa shape index (κ3) is 8.10. The molecule has 0 aliphatic carbocycles. The minimum Gasteiger partial charge on any atom is -0.493 e. The molecule has 2 aromatic rings. The maximum absolute atomic E-state index is 12.7. The zero-order valence-electron chi connectivity index (χ0n) is 18.9. The normalized spacial score (nSPS) is 19.1. The highest BCUT2D eigenvalue weighted by atomic mass is 32.2. The van der Waals surface area contributed by atoms with E-state index in [0.29, 0.717) is 25.6 Å². The Labute approximate surface area is 196 Å². The highest BCUT2D eigenvalue weighted by molar-refractivity contribution is 7.99. The number of aryl methyl sites for hydroxylation is 1. The lowest BCUT2D eigenvalue weighted by molar-refractivity contribution is -0.380. The predicted molar refractivity (Wildman–Crippen MR) is 120 cm³/mol. The molecule has 33 heavy (non-hydrogen) atoms. The van der Waals surface area contributed by atoms with Gasteiger partial charge in [-0.15, -0.1) is 11.8 Å². The summed E-state index contributed by atoms with van der Waals surface area (Å²) in [5.74, 6) is 2.16. The maximum atomic E-state index is 12.7. The number of hydrogen-bond acceptors (Lipinski definition) is 6. The van der Waals surface area contributed by atoms with Crippen LogP contribution in [0, 0.1) is 12.8 Å². The summed E-state index contributed by atoms with van der Waals surface area (Å²) in [4.78, 5) is 1.10. The van der Waals surface area contributed by atoms with Crippen molar-refractivity contribution in [3.63, 3.8) is 0 Å². The summed E-state index contributed by atoms with van der Waals surface area (Å²) >= 11 is 1.69. The van der Waals surface area contributed by atoms with E-state index < -0.39 is 11.7 Å².